The minimum atomic E-state index is -0.915. The van der Waals surface area contributed by atoms with Crippen molar-refractivity contribution in [2.45, 2.75) is 13.0 Å². The van der Waals surface area contributed by atoms with E-state index in [0.29, 0.717) is 12.1 Å². The van der Waals surface area contributed by atoms with Crippen molar-refractivity contribution in [2.24, 2.45) is 5.92 Å². The Morgan fingerprint density at radius 3 is 2.58 bits per heavy atom. The van der Waals surface area contributed by atoms with Crippen molar-refractivity contribution in [3.05, 3.63) is 35.9 Å². The Bertz CT molecular complexity index is 460. The number of nitrogens with zero attached hydrogens (tertiary/aromatic N) is 1. The molecule has 1 fully saturated rings. The summed E-state index contributed by atoms with van der Waals surface area (Å²) in [7, 11) is 0. The highest BCUT2D eigenvalue weighted by Gasteiger charge is 2.39. The molecule has 2 unspecified atom stereocenters. The Hall–Kier alpha value is -1.88. The van der Waals surface area contributed by atoms with Crippen LogP contribution in [0, 0.1) is 5.92 Å². The van der Waals surface area contributed by atoms with Gasteiger partial charge in [-0.15, -0.1) is 0 Å². The van der Waals surface area contributed by atoms with Crippen LogP contribution in [0.3, 0.4) is 0 Å². The molecule has 0 saturated carbocycles. The summed E-state index contributed by atoms with van der Waals surface area (Å²) in [5, 5.41) is 9.16. The quantitative estimate of drug-likeness (QED) is 0.887. The zero-order chi connectivity index (χ0) is 13.8. The van der Waals surface area contributed by atoms with Crippen LogP contribution in [0.1, 0.15) is 17.3 Å². The molecule has 1 N–H and O–H groups in total. The van der Waals surface area contributed by atoms with Gasteiger partial charge in [-0.3, -0.25) is 9.59 Å². The van der Waals surface area contributed by atoms with E-state index in [9.17, 15) is 9.59 Å². The van der Waals surface area contributed by atoms with Crippen molar-refractivity contribution < 1.29 is 19.4 Å². The lowest BCUT2D eigenvalue weighted by Crippen LogP contribution is -2.46. The second-order valence-electron chi connectivity index (χ2n) is 4.51. The average Bonchev–Trinajstić information content (AvgIpc) is 2.90. The molecule has 0 aliphatic carbocycles. The third-order valence-electron chi connectivity index (χ3n) is 3.39. The first-order chi connectivity index (χ1) is 9.15. The van der Waals surface area contributed by atoms with Crippen LogP contribution in [-0.2, 0) is 9.53 Å². The molecule has 1 amide bonds. The molecule has 2 atom stereocenters. The predicted octanol–water partition coefficient (Wildman–Crippen LogP) is 1.25. The smallest absolute Gasteiger partial charge is 0.311 e. The number of rotatable bonds is 4. The second kappa shape index (κ2) is 5.84. The third-order valence-corrected chi connectivity index (χ3v) is 3.39. The number of hydrogen-bond acceptors (Lipinski definition) is 3. The number of carbonyl (C=O) groups excluding carboxylic acids is 1. The highest BCUT2D eigenvalue weighted by Crippen LogP contribution is 2.21. The Labute approximate surface area is 111 Å². The van der Waals surface area contributed by atoms with E-state index in [1.54, 1.807) is 29.2 Å². The Kier molecular flexibility index (Phi) is 4.16. The molecule has 0 spiro atoms. The largest absolute Gasteiger partial charge is 0.481 e. The van der Waals surface area contributed by atoms with Crippen molar-refractivity contribution in [3.63, 3.8) is 0 Å². The second-order valence-corrected chi connectivity index (χ2v) is 4.51. The molecular formula is C14H17NO4. The minimum Gasteiger partial charge on any atom is -0.481 e. The monoisotopic (exact) mass is 263 g/mol. The summed E-state index contributed by atoms with van der Waals surface area (Å²) >= 11 is 0. The van der Waals surface area contributed by atoms with Crippen molar-refractivity contribution in [1.29, 1.82) is 0 Å². The fourth-order valence-corrected chi connectivity index (χ4v) is 2.36. The van der Waals surface area contributed by atoms with E-state index in [-0.39, 0.29) is 19.1 Å². The van der Waals surface area contributed by atoms with Crippen LogP contribution in [0.4, 0.5) is 0 Å². The number of aliphatic carboxylic acids is 1. The van der Waals surface area contributed by atoms with Crippen LogP contribution in [-0.4, -0.2) is 47.7 Å². The van der Waals surface area contributed by atoms with Gasteiger partial charge in [0.1, 0.15) is 5.92 Å². The summed E-state index contributed by atoms with van der Waals surface area (Å²) in [6.45, 7) is 2.76. The summed E-state index contributed by atoms with van der Waals surface area (Å²) in [6.07, 6.45) is 0. The van der Waals surface area contributed by atoms with Crippen molar-refractivity contribution in [2.75, 3.05) is 19.8 Å². The molecular weight excluding hydrogens is 246 g/mol. The first-order valence-corrected chi connectivity index (χ1v) is 6.31. The summed E-state index contributed by atoms with van der Waals surface area (Å²) in [4.78, 5) is 25.2. The third kappa shape index (κ3) is 2.76. The van der Waals surface area contributed by atoms with E-state index < -0.39 is 17.9 Å². The van der Waals surface area contributed by atoms with E-state index >= 15 is 0 Å². The summed E-state index contributed by atoms with van der Waals surface area (Å²) in [5.41, 5.74) is 0.570. The van der Waals surface area contributed by atoms with Crippen LogP contribution >= 0.6 is 0 Å². The van der Waals surface area contributed by atoms with E-state index in [1.807, 2.05) is 13.0 Å². The maximum absolute atomic E-state index is 12.4. The van der Waals surface area contributed by atoms with Crippen LogP contribution < -0.4 is 0 Å². The molecule has 5 nitrogen and oxygen atoms in total. The number of likely N-dealkylation sites (N-methyl/N-ethyl adjacent to an activating group) is 1. The van der Waals surface area contributed by atoms with Crippen LogP contribution in [0.25, 0.3) is 0 Å². The van der Waals surface area contributed by atoms with Gasteiger partial charge in [-0.2, -0.15) is 0 Å². The molecule has 0 aromatic heterocycles. The fraction of sp³-hybridized carbons (Fsp3) is 0.429. The van der Waals surface area contributed by atoms with Gasteiger partial charge in [0, 0.05) is 12.1 Å². The number of carbonyl (C=O) groups is 2. The lowest BCUT2D eigenvalue weighted by molar-refractivity contribution is -0.142. The minimum absolute atomic E-state index is 0.148. The fourth-order valence-electron chi connectivity index (χ4n) is 2.36. The first kappa shape index (κ1) is 13.5. The van der Waals surface area contributed by atoms with Gasteiger partial charge in [-0.1, -0.05) is 18.2 Å². The van der Waals surface area contributed by atoms with Crippen LogP contribution in [0.5, 0.6) is 0 Å². The number of ether oxygens (including phenoxy) is 1. The molecule has 2 rings (SSSR count). The molecule has 1 aliphatic heterocycles. The molecule has 1 aliphatic rings. The first-order valence-electron chi connectivity index (χ1n) is 6.31. The highest BCUT2D eigenvalue weighted by molar-refractivity contribution is 5.94. The molecule has 1 aromatic carbocycles. The normalized spacial score (nSPS) is 22.2. The number of amides is 1. The van der Waals surface area contributed by atoms with Gasteiger partial charge in [0.25, 0.3) is 5.91 Å². The standard InChI is InChI=1S/C14H17NO4/c1-2-15(12-9-19-8-11(12)14(17)18)13(16)10-6-4-3-5-7-10/h3-7,11-12H,2,8-9H2,1H3,(H,17,18). The molecule has 1 aromatic rings. The number of benzene rings is 1. The lowest BCUT2D eigenvalue weighted by atomic mass is 10.0. The molecule has 0 radical (unpaired) electrons. The SMILES string of the molecule is CCN(C(=O)c1ccccc1)C1COCC1C(=O)O. The van der Waals surface area contributed by atoms with Crippen molar-refractivity contribution in [3.8, 4) is 0 Å². The molecule has 0 bridgehead atoms. The zero-order valence-electron chi connectivity index (χ0n) is 10.8. The van der Waals surface area contributed by atoms with Gasteiger partial charge in [0.2, 0.25) is 0 Å². The number of hydrogen-bond donors (Lipinski definition) is 1. The van der Waals surface area contributed by atoms with Crippen molar-refractivity contribution >= 4 is 11.9 Å². The number of carboxylic acid groups (broad SMARTS) is 1. The summed E-state index contributed by atoms with van der Waals surface area (Å²) < 4.78 is 5.23. The van der Waals surface area contributed by atoms with Gasteiger partial charge in [-0.25, -0.2) is 0 Å². The Morgan fingerprint density at radius 1 is 1.32 bits per heavy atom. The molecule has 5 heteroatoms. The van der Waals surface area contributed by atoms with Gasteiger partial charge in [0.05, 0.1) is 19.3 Å². The van der Waals surface area contributed by atoms with E-state index in [2.05, 4.69) is 0 Å². The molecule has 1 saturated heterocycles. The van der Waals surface area contributed by atoms with Gasteiger partial charge in [0.15, 0.2) is 0 Å². The maximum atomic E-state index is 12.4. The Morgan fingerprint density at radius 2 is 2.00 bits per heavy atom. The van der Waals surface area contributed by atoms with Gasteiger partial charge in [-0.05, 0) is 19.1 Å². The molecule has 1 heterocycles. The molecule has 19 heavy (non-hydrogen) atoms. The van der Waals surface area contributed by atoms with Crippen molar-refractivity contribution in [1.82, 2.24) is 4.90 Å². The van der Waals surface area contributed by atoms with Gasteiger partial charge < -0.3 is 14.7 Å². The van der Waals surface area contributed by atoms with E-state index in [1.165, 1.54) is 0 Å². The topological polar surface area (TPSA) is 66.8 Å². The van der Waals surface area contributed by atoms with Gasteiger partial charge >= 0.3 is 5.97 Å². The van der Waals surface area contributed by atoms with Crippen LogP contribution in [0.2, 0.25) is 0 Å². The average molecular weight is 263 g/mol. The summed E-state index contributed by atoms with van der Waals surface area (Å²) in [6, 6.07) is 8.50. The number of carboxylic acids is 1. The van der Waals surface area contributed by atoms with E-state index in [4.69, 9.17) is 9.84 Å². The highest BCUT2D eigenvalue weighted by atomic mass is 16.5. The van der Waals surface area contributed by atoms with Crippen LogP contribution in [0.15, 0.2) is 30.3 Å². The summed E-state index contributed by atoms with van der Waals surface area (Å²) in [5.74, 6) is -1.71. The Balaban J connectivity index is 2.20. The predicted molar refractivity (Wildman–Crippen MR) is 68.9 cm³/mol. The maximum Gasteiger partial charge on any atom is 0.311 e. The lowest BCUT2D eigenvalue weighted by Gasteiger charge is -2.29. The zero-order valence-corrected chi connectivity index (χ0v) is 10.8. The van der Waals surface area contributed by atoms with E-state index in [0.717, 1.165) is 0 Å². The molecule has 102 valence electrons.